The largest absolute Gasteiger partial charge is 0.385 e. The Morgan fingerprint density at radius 1 is 1.06 bits per heavy atom. The third kappa shape index (κ3) is 2.67. The van der Waals surface area contributed by atoms with E-state index in [0.717, 1.165) is 32.7 Å². The lowest BCUT2D eigenvalue weighted by atomic mass is 10.2. The van der Waals surface area contributed by atoms with Gasteiger partial charge in [0, 0.05) is 44.1 Å². The van der Waals surface area contributed by atoms with E-state index in [1.165, 1.54) is 11.4 Å². The maximum atomic E-state index is 3.32. The Morgan fingerprint density at radius 3 is 2.25 bits per heavy atom. The van der Waals surface area contributed by atoms with Crippen LogP contribution in [-0.4, -0.2) is 44.7 Å². The lowest BCUT2D eigenvalue weighted by Gasteiger charge is -2.34. The molecule has 1 aliphatic heterocycles. The summed E-state index contributed by atoms with van der Waals surface area (Å²) in [5.74, 6) is 0. The molecule has 0 unspecified atom stereocenters. The number of piperazine rings is 1. The van der Waals surface area contributed by atoms with Gasteiger partial charge in [0.25, 0.3) is 0 Å². The van der Waals surface area contributed by atoms with Crippen molar-refractivity contribution in [1.29, 1.82) is 0 Å². The molecule has 0 spiro atoms. The van der Waals surface area contributed by atoms with Gasteiger partial charge in [0.1, 0.15) is 0 Å². The third-order valence-corrected chi connectivity index (χ3v) is 3.12. The summed E-state index contributed by atoms with van der Waals surface area (Å²) in [6.45, 7) is 7.69. The number of hydrogen-bond acceptors (Lipinski definition) is 3. The zero-order valence-electron chi connectivity index (χ0n) is 10.2. The highest BCUT2D eigenvalue weighted by atomic mass is 15.2. The molecule has 1 saturated heterocycles. The van der Waals surface area contributed by atoms with Gasteiger partial charge >= 0.3 is 0 Å². The first-order valence-electron chi connectivity index (χ1n) is 6.07. The smallest absolute Gasteiger partial charge is 0.0368 e. The number of nitrogens with zero attached hydrogens (tertiary/aromatic N) is 2. The van der Waals surface area contributed by atoms with Gasteiger partial charge in [-0.1, -0.05) is 0 Å². The summed E-state index contributed by atoms with van der Waals surface area (Å²) in [6, 6.07) is 8.75. The number of likely N-dealkylation sites (N-methyl/N-ethyl adjacent to an activating group) is 1. The van der Waals surface area contributed by atoms with E-state index in [1.54, 1.807) is 0 Å². The second-order valence-corrected chi connectivity index (χ2v) is 4.37. The Kier molecular flexibility index (Phi) is 3.67. The second-order valence-electron chi connectivity index (χ2n) is 4.37. The van der Waals surface area contributed by atoms with Crippen LogP contribution in [0.15, 0.2) is 24.3 Å². The number of anilines is 2. The van der Waals surface area contributed by atoms with Crippen molar-refractivity contribution in [2.24, 2.45) is 0 Å². The lowest BCUT2D eigenvalue weighted by Crippen LogP contribution is -2.44. The van der Waals surface area contributed by atoms with Crippen LogP contribution < -0.4 is 10.2 Å². The van der Waals surface area contributed by atoms with Gasteiger partial charge in [0.2, 0.25) is 0 Å². The summed E-state index contributed by atoms with van der Waals surface area (Å²) in [7, 11) is 2.19. The molecule has 1 N–H and O–H groups in total. The van der Waals surface area contributed by atoms with E-state index in [9.17, 15) is 0 Å². The average Bonchev–Trinajstić information content (AvgIpc) is 2.32. The van der Waals surface area contributed by atoms with Crippen LogP contribution in [-0.2, 0) is 0 Å². The molecular formula is C13H21N3. The highest BCUT2D eigenvalue weighted by molar-refractivity contribution is 5.55. The minimum atomic E-state index is 0.980. The molecule has 1 aliphatic rings. The van der Waals surface area contributed by atoms with E-state index >= 15 is 0 Å². The summed E-state index contributed by atoms with van der Waals surface area (Å²) in [6.07, 6.45) is 0. The van der Waals surface area contributed by atoms with E-state index in [2.05, 4.69) is 53.4 Å². The molecule has 0 atom stereocenters. The van der Waals surface area contributed by atoms with Crippen LogP contribution in [0.3, 0.4) is 0 Å². The molecule has 1 aromatic rings. The summed E-state index contributed by atoms with van der Waals surface area (Å²) >= 11 is 0. The number of rotatable bonds is 3. The zero-order chi connectivity index (χ0) is 11.4. The van der Waals surface area contributed by atoms with Crippen molar-refractivity contribution in [2.45, 2.75) is 6.92 Å². The van der Waals surface area contributed by atoms with Gasteiger partial charge in [0.05, 0.1) is 0 Å². The Bertz CT molecular complexity index is 312. The third-order valence-electron chi connectivity index (χ3n) is 3.12. The molecule has 0 amide bonds. The molecule has 0 radical (unpaired) electrons. The predicted molar refractivity (Wildman–Crippen MR) is 70.3 cm³/mol. The molecule has 1 heterocycles. The van der Waals surface area contributed by atoms with Crippen LogP contribution in [0.1, 0.15) is 6.92 Å². The maximum Gasteiger partial charge on any atom is 0.0368 e. The maximum absolute atomic E-state index is 3.32. The summed E-state index contributed by atoms with van der Waals surface area (Å²) in [5, 5.41) is 3.32. The number of hydrogen-bond donors (Lipinski definition) is 1. The van der Waals surface area contributed by atoms with Gasteiger partial charge < -0.3 is 15.1 Å². The average molecular weight is 219 g/mol. The van der Waals surface area contributed by atoms with Crippen LogP contribution in [0.5, 0.6) is 0 Å². The molecule has 1 fully saturated rings. The minimum Gasteiger partial charge on any atom is -0.385 e. The first kappa shape index (κ1) is 11.3. The summed E-state index contributed by atoms with van der Waals surface area (Å²) in [4.78, 5) is 4.83. The molecule has 16 heavy (non-hydrogen) atoms. The molecular weight excluding hydrogens is 198 g/mol. The molecule has 2 rings (SSSR count). The molecule has 3 heteroatoms. The number of nitrogens with one attached hydrogen (secondary N) is 1. The monoisotopic (exact) mass is 219 g/mol. The van der Waals surface area contributed by atoms with Gasteiger partial charge in [-0.15, -0.1) is 0 Å². The van der Waals surface area contributed by atoms with E-state index in [0.29, 0.717) is 0 Å². The quantitative estimate of drug-likeness (QED) is 0.837. The first-order chi connectivity index (χ1) is 7.79. The van der Waals surface area contributed by atoms with Crippen molar-refractivity contribution < 1.29 is 0 Å². The summed E-state index contributed by atoms with van der Waals surface area (Å²) in [5.41, 5.74) is 2.55. The zero-order valence-corrected chi connectivity index (χ0v) is 10.2. The van der Waals surface area contributed by atoms with Crippen LogP contribution in [0.2, 0.25) is 0 Å². The van der Waals surface area contributed by atoms with Crippen molar-refractivity contribution in [2.75, 3.05) is 50.0 Å². The van der Waals surface area contributed by atoms with Gasteiger partial charge in [0.15, 0.2) is 0 Å². The Hall–Kier alpha value is -1.22. The molecule has 0 aliphatic carbocycles. The van der Waals surface area contributed by atoms with Gasteiger partial charge in [-0.25, -0.2) is 0 Å². The molecule has 1 aromatic carbocycles. The van der Waals surface area contributed by atoms with Crippen molar-refractivity contribution in [3.63, 3.8) is 0 Å². The predicted octanol–water partition coefficient (Wildman–Crippen LogP) is 1.87. The topological polar surface area (TPSA) is 18.5 Å². The standard InChI is InChI=1S/C13H21N3/c1-3-14-12-4-6-13(7-5-12)16-10-8-15(2)9-11-16/h4-7,14H,3,8-11H2,1-2H3. The second kappa shape index (κ2) is 5.21. The van der Waals surface area contributed by atoms with E-state index in [-0.39, 0.29) is 0 Å². The molecule has 0 saturated carbocycles. The number of benzene rings is 1. The van der Waals surface area contributed by atoms with Gasteiger partial charge in [-0.3, -0.25) is 0 Å². The normalized spacial score (nSPS) is 17.5. The highest BCUT2D eigenvalue weighted by Crippen LogP contribution is 2.18. The minimum absolute atomic E-state index is 0.980. The van der Waals surface area contributed by atoms with Crippen LogP contribution in [0, 0.1) is 0 Å². The SMILES string of the molecule is CCNc1ccc(N2CCN(C)CC2)cc1. The van der Waals surface area contributed by atoms with Crippen LogP contribution in [0.4, 0.5) is 11.4 Å². The first-order valence-corrected chi connectivity index (χ1v) is 6.07. The van der Waals surface area contributed by atoms with E-state index < -0.39 is 0 Å². The summed E-state index contributed by atoms with van der Waals surface area (Å²) < 4.78 is 0. The van der Waals surface area contributed by atoms with Crippen molar-refractivity contribution in [1.82, 2.24) is 4.90 Å². The lowest BCUT2D eigenvalue weighted by molar-refractivity contribution is 0.313. The van der Waals surface area contributed by atoms with Crippen LogP contribution in [0.25, 0.3) is 0 Å². The van der Waals surface area contributed by atoms with Crippen molar-refractivity contribution in [3.05, 3.63) is 24.3 Å². The molecule has 0 aromatic heterocycles. The Balaban J connectivity index is 1.98. The molecule has 3 nitrogen and oxygen atoms in total. The highest BCUT2D eigenvalue weighted by Gasteiger charge is 2.13. The van der Waals surface area contributed by atoms with Crippen molar-refractivity contribution >= 4 is 11.4 Å². The van der Waals surface area contributed by atoms with E-state index in [4.69, 9.17) is 0 Å². The fraction of sp³-hybridized carbons (Fsp3) is 0.538. The Labute approximate surface area is 98.0 Å². The Morgan fingerprint density at radius 2 is 1.69 bits per heavy atom. The van der Waals surface area contributed by atoms with Gasteiger partial charge in [-0.05, 0) is 38.2 Å². The fourth-order valence-electron chi connectivity index (χ4n) is 2.06. The molecule has 0 bridgehead atoms. The molecule has 88 valence electrons. The van der Waals surface area contributed by atoms with Crippen molar-refractivity contribution in [3.8, 4) is 0 Å². The fourth-order valence-corrected chi connectivity index (χ4v) is 2.06. The van der Waals surface area contributed by atoms with Gasteiger partial charge in [-0.2, -0.15) is 0 Å². The van der Waals surface area contributed by atoms with Crippen LogP contribution >= 0.6 is 0 Å². The van der Waals surface area contributed by atoms with E-state index in [1.807, 2.05) is 0 Å².